The Kier molecular flexibility index (Phi) is 2.31. The fraction of sp³-hybridized carbons (Fsp3) is 1.00. The van der Waals surface area contributed by atoms with Gasteiger partial charge in [-0.3, -0.25) is 0 Å². The van der Waals surface area contributed by atoms with Crippen LogP contribution in [0.4, 0.5) is 13.2 Å². The molecule has 8 heavy (non-hydrogen) atoms. The van der Waals surface area contributed by atoms with Crippen molar-refractivity contribution in [2.75, 3.05) is 0 Å². The van der Waals surface area contributed by atoms with Crippen molar-refractivity contribution < 1.29 is 13.2 Å². The lowest BCUT2D eigenvalue weighted by molar-refractivity contribution is -0.141. The highest BCUT2D eigenvalue weighted by Gasteiger charge is 2.27. The first-order valence-corrected chi connectivity index (χ1v) is 2.48. The minimum absolute atomic E-state index is 0.282. The minimum Gasteiger partial charge on any atom is -0.171 e. The van der Waals surface area contributed by atoms with Gasteiger partial charge in [-0.25, -0.2) is 0 Å². The minimum atomic E-state index is -3.98. The van der Waals surface area contributed by atoms with Crippen molar-refractivity contribution in [3.05, 3.63) is 0 Å². The summed E-state index contributed by atoms with van der Waals surface area (Å²) >= 11 is 0. The van der Waals surface area contributed by atoms with Crippen LogP contribution in [-0.2, 0) is 0 Å². The summed E-state index contributed by atoms with van der Waals surface area (Å²) in [6, 6.07) is 0. The van der Waals surface area contributed by atoms with Crippen molar-refractivity contribution in [3.63, 3.8) is 0 Å². The van der Waals surface area contributed by atoms with Crippen molar-refractivity contribution >= 4 is 0 Å². The molecule has 0 saturated heterocycles. The van der Waals surface area contributed by atoms with Gasteiger partial charge in [0.15, 0.2) is 0 Å². The molecule has 0 fully saturated rings. The maximum atomic E-state index is 11.3. The van der Waals surface area contributed by atoms with Crippen molar-refractivity contribution in [2.24, 2.45) is 5.92 Å². The van der Waals surface area contributed by atoms with E-state index in [-0.39, 0.29) is 5.92 Å². The highest BCUT2D eigenvalue weighted by atomic mass is 19.4. The van der Waals surface area contributed by atoms with Gasteiger partial charge in [-0.2, -0.15) is 13.2 Å². The maximum Gasteiger partial charge on any atom is 0.389 e. The zero-order valence-electron chi connectivity index (χ0n) is 4.92. The van der Waals surface area contributed by atoms with Gasteiger partial charge in [-0.1, -0.05) is 13.8 Å². The van der Waals surface area contributed by atoms with Crippen LogP contribution in [0.15, 0.2) is 0 Å². The molecule has 0 aliphatic carbocycles. The van der Waals surface area contributed by atoms with Crippen LogP contribution < -0.4 is 0 Å². The summed E-state index contributed by atoms with van der Waals surface area (Å²) in [5.41, 5.74) is 0. The predicted molar refractivity (Wildman–Crippen MR) is 25.5 cm³/mol. The molecule has 3 heteroatoms. The molecule has 0 saturated carbocycles. The average Bonchev–Trinajstić information content (AvgIpc) is 1.21. The molecule has 0 radical (unpaired) electrons. The second kappa shape index (κ2) is 2.37. The van der Waals surface area contributed by atoms with E-state index in [4.69, 9.17) is 0 Å². The van der Waals surface area contributed by atoms with Crippen molar-refractivity contribution in [2.45, 2.75) is 26.4 Å². The number of halogens is 3. The quantitative estimate of drug-likeness (QED) is 0.506. The molecule has 0 aliphatic rings. The Bertz CT molecular complexity index is 62.6. The number of rotatable bonds is 1. The molecule has 0 heterocycles. The summed E-state index contributed by atoms with van der Waals surface area (Å²) in [5, 5.41) is 0. The third-order valence-corrected chi connectivity index (χ3v) is 0.640. The molecule has 0 aromatic heterocycles. The Morgan fingerprint density at radius 3 is 1.62 bits per heavy atom. The Hall–Kier alpha value is -0.210. The molecule has 0 N–H and O–H groups in total. The third-order valence-electron chi connectivity index (χ3n) is 0.640. The molecular formula is C5H9F3. The van der Waals surface area contributed by atoms with E-state index in [0.29, 0.717) is 0 Å². The molecule has 0 rings (SSSR count). The average molecular weight is 126 g/mol. The monoisotopic (exact) mass is 126 g/mol. The van der Waals surface area contributed by atoms with E-state index in [9.17, 15) is 13.2 Å². The fourth-order valence-electron chi connectivity index (χ4n) is 0.463. The maximum absolute atomic E-state index is 11.3. The summed E-state index contributed by atoms with van der Waals surface area (Å²) in [4.78, 5) is 0. The summed E-state index contributed by atoms with van der Waals surface area (Å²) in [5.74, 6) is -0.282. The molecule has 50 valence electrons. The second-order valence-electron chi connectivity index (χ2n) is 2.21. The van der Waals surface area contributed by atoms with E-state index in [1.807, 2.05) is 0 Å². The lowest BCUT2D eigenvalue weighted by Gasteiger charge is -2.07. The SMILES string of the molecule is CC(C)CC(F)(F)F. The first-order valence-electron chi connectivity index (χ1n) is 2.48. The fourth-order valence-corrected chi connectivity index (χ4v) is 0.463. The van der Waals surface area contributed by atoms with Gasteiger partial charge in [0.05, 0.1) is 0 Å². The standard InChI is InChI=1S/C5H9F3/c1-4(2)3-5(6,7)8/h4H,3H2,1-2H3. The molecule has 0 spiro atoms. The normalized spacial score (nSPS) is 12.8. The lowest BCUT2D eigenvalue weighted by atomic mass is 10.1. The first-order chi connectivity index (χ1) is 3.42. The van der Waals surface area contributed by atoms with E-state index in [1.54, 1.807) is 13.8 Å². The van der Waals surface area contributed by atoms with Crippen molar-refractivity contribution in [3.8, 4) is 0 Å². The van der Waals surface area contributed by atoms with Gasteiger partial charge in [-0.15, -0.1) is 0 Å². The topological polar surface area (TPSA) is 0 Å². The summed E-state index contributed by atoms with van der Waals surface area (Å²) < 4.78 is 33.9. The van der Waals surface area contributed by atoms with Gasteiger partial charge in [0.2, 0.25) is 0 Å². The van der Waals surface area contributed by atoms with Crippen LogP contribution in [-0.4, -0.2) is 6.18 Å². The Morgan fingerprint density at radius 2 is 1.62 bits per heavy atom. The van der Waals surface area contributed by atoms with Gasteiger partial charge in [0, 0.05) is 6.42 Å². The molecule has 0 aliphatic heterocycles. The van der Waals surface area contributed by atoms with Gasteiger partial charge in [0.1, 0.15) is 0 Å². The molecule has 0 amide bonds. The molecule has 0 unspecified atom stereocenters. The van der Waals surface area contributed by atoms with Gasteiger partial charge in [0.25, 0.3) is 0 Å². The molecule has 0 aromatic carbocycles. The molecule has 0 bridgehead atoms. The van der Waals surface area contributed by atoms with E-state index in [0.717, 1.165) is 0 Å². The van der Waals surface area contributed by atoms with Gasteiger partial charge < -0.3 is 0 Å². The van der Waals surface area contributed by atoms with Crippen LogP contribution in [0, 0.1) is 5.92 Å². The molecule has 0 atom stereocenters. The van der Waals surface area contributed by atoms with E-state index < -0.39 is 12.6 Å². The molecular weight excluding hydrogens is 117 g/mol. The smallest absolute Gasteiger partial charge is 0.171 e. The second-order valence-corrected chi connectivity index (χ2v) is 2.21. The van der Waals surface area contributed by atoms with Crippen LogP contribution in [0.3, 0.4) is 0 Å². The summed E-state index contributed by atoms with van der Waals surface area (Å²) in [7, 11) is 0. The Balaban J connectivity index is 3.39. The van der Waals surface area contributed by atoms with Crippen molar-refractivity contribution in [1.82, 2.24) is 0 Å². The third kappa shape index (κ3) is 5.79. The predicted octanol–water partition coefficient (Wildman–Crippen LogP) is 2.59. The lowest BCUT2D eigenvalue weighted by Crippen LogP contribution is -2.10. The molecule has 0 nitrogen and oxygen atoms in total. The highest BCUT2D eigenvalue weighted by molar-refractivity contribution is 4.52. The number of hydrogen-bond donors (Lipinski definition) is 0. The number of hydrogen-bond acceptors (Lipinski definition) is 0. The number of alkyl halides is 3. The van der Waals surface area contributed by atoms with Crippen LogP contribution in [0.2, 0.25) is 0 Å². The van der Waals surface area contributed by atoms with Crippen LogP contribution >= 0.6 is 0 Å². The zero-order chi connectivity index (χ0) is 6.78. The molecule has 0 aromatic rings. The van der Waals surface area contributed by atoms with E-state index >= 15 is 0 Å². The Morgan fingerprint density at radius 1 is 1.25 bits per heavy atom. The van der Waals surface area contributed by atoms with Crippen LogP contribution in [0.25, 0.3) is 0 Å². The first kappa shape index (κ1) is 7.79. The Labute approximate surface area is 46.7 Å². The highest BCUT2D eigenvalue weighted by Crippen LogP contribution is 2.23. The summed E-state index contributed by atoms with van der Waals surface area (Å²) in [6.45, 7) is 3.10. The van der Waals surface area contributed by atoms with E-state index in [2.05, 4.69) is 0 Å². The van der Waals surface area contributed by atoms with Gasteiger partial charge in [-0.05, 0) is 5.92 Å². The van der Waals surface area contributed by atoms with Crippen LogP contribution in [0.5, 0.6) is 0 Å². The van der Waals surface area contributed by atoms with Crippen LogP contribution in [0.1, 0.15) is 20.3 Å². The van der Waals surface area contributed by atoms with E-state index in [1.165, 1.54) is 0 Å². The largest absolute Gasteiger partial charge is 0.389 e. The van der Waals surface area contributed by atoms with Crippen molar-refractivity contribution in [1.29, 1.82) is 0 Å². The summed E-state index contributed by atoms with van der Waals surface area (Å²) in [6.07, 6.45) is -4.65. The zero-order valence-corrected chi connectivity index (χ0v) is 4.92. The van der Waals surface area contributed by atoms with Gasteiger partial charge >= 0.3 is 6.18 Å².